The van der Waals surface area contributed by atoms with Crippen LogP contribution in [0, 0.1) is 0 Å². The molecule has 1 amide bonds. The van der Waals surface area contributed by atoms with Crippen molar-refractivity contribution < 1.29 is 4.79 Å². The first kappa shape index (κ1) is 18.1. The Balaban J connectivity index is 1.31. The number of amides is 1. The van der Waals surface area contributed by atoms with E-state index in [4.69, 9.17) is 11.6 Å². The third kappa shape index (κ3) is 3.32. The Hall–Kier alpha value is -1.95. The fraction of sp³-hybridized carbons (Fsp3) is 0.227. The SMILES string of the molecule is O=C(c1cc2c(s1)-c1ccccc1SC2)N1CCN(c2ccc(Cl)cc2)CC1. The molecule has 2 aliphatic heterocycles. The van der Waals surface area contributed by atoms with E-state index in [0.29, 0.717) is 0 Å². The largest absolute Gasteiger partial charge is 0.368 e. The van der Waals surface area contributed by atoms with E-state index in [9.17, 15) is 4.79 Å². The minimum atomic E-state index is 0.164. The molecule has 3 heterocycles. The molecule has 0 atom stereocenters. The summed E-state index contributed by atoms with van der Waals surface area (Å²) in [7, 11) is 0. The lowest BCUT2D eigenvalue weighted by atomic mass is 10.1. The van der Waals surface area contributed by atoms with Crippen LogP contribution in [-0.4, -0.2) is 37.0 Å². The van der Waals surface area contributed by atoms with E-state index < -0.39 is 0 Å². The van der Waals surface area contributed by atoms with Gasteiger partial charge in [0.25, 0.3) is 5.91 Å². The van der Waals surface area contributed by atoms with Gasteiger partial charge in [0.05, 0.1) is 4.88 Å². The Morgan fingerprint density at radius 2 is 1.71 bits per heavy atom. The summed E-state index contributed by atoms with van der Waals surface area (Å²) in [4.78, 5) is 20.8. The van der Waals surface area contributed by atoms with Crippen LogP contribution >= 0.6 is 34.7 Å². The molecular formula is C22H19ClN2OS2. The molecule has 0 aliphatic carbocycles. The van der Waals surface area contributed by atoms with Gasteiger partial charge in [-0.15, -0.1) is 23.1 Å². The van der Waals surface area contributed by atoms with E-state index in [0.717, 1.165) is 47.5 Å². The van der Waals surface area contributed by atoms with Crippen LogP contribution in [0.15, 0.2) is 59.5 Å². The summed E-state index contributed by atoms with van der Waals surface area (Å²) in [5.74, 6) is 1.11. The van der Waals surface area contributed by atoms with E-state index >= 15 is 0 Å². The molecule has 0 bridgehead atoms. The number of carbonyl (C=O) groups is 1. The molecule has 1 fully saturated rings. The molecule has 3 nitrogen and oxygen atoms in total. The molecular weight excluding hydrogens is 408 g/mol. The van der Waals surface area contributed by atoms with Crippen molar-refractivity contribution in [3.8, 4) is 10.4 Å². The van der Waals surface area contributed by atoms with Gasteiger partial charge < -0.3 is 9.80 Å². The molecule has 2 aliphatic rings. The van der Waals surface area contributed by atoms with Crippen LogP contribution in [0.5, 0.6) is 0 Å². The first-order valence-electron chi connectivity index (χ1n) is 9.34. The standard InChI is InChI=1S/C22H19ClN2OS2/c23-16-5-7-17(8-6-16)24-9-11-25(12-10-24)22(26)20-13-15-14-27-19-4-2-1-3-18(19)21(15)28-20/h1-8,13H,9-12,14H2. The highest BCUT2D eigenvalue weighted by Crippen LogP contribution is 2.45. The van der Waals surface area contributed by atoms with E-state index in [1.54, 1.807) is 11.3 Å². The smallest absolute Gasteiger partial charge is 0.264 e. The van der Waals surface area contributed by atoms with Gasteiger partial charge in [-0.05, 0) is 42.0 Å². The van der Waals surface area contributed by atoms with Gasteiger partial charge in [0.15, 0.2) is 0 Å². The summed E-state index contributed by atoms with van der Waals surface area (Å²) < 4.78 is 0. The van der Waals surface area contributed by atoms with E-state index in [-0.39, 0.29) is 5.91 Å². The molecule has 3 aromatic rings. The Kier molecular flexibility index (Phi) is 4.83. The minimum Gasteiger partial charge on any atom is -0.368 e. The van der Waals surface area contributed by atoms with E-state index in [1.807, 2.05) is 40.9 Å². The van der Waals surface area contributed by atoms with Crippen molar-refractivity contribution in [2.45, 2.75) is 10.6 Å². The molecule has 6 heteroatoms. The number of hydrogen-bond donors (Lipinski definition) is 0. The summed E-state index contributed by atoms with van der Waals surface area (Å²) in [5, 5.41) is 0.749. The molecule has 5 rings (SSSR count). The van der Waals surface area contributed by atoms with Crippen LogP contribution in [0.2, 0.25) is 5.02 Å². The lowest BCUT2D eigenvalue weighted by Crippen LogP contribution is -2.48. The van der Waals surface area contributed by atoms with Gasteiger partial charge in [0.1, 0.15) is 0 Å². The number of benzene rings is 2. The molecule has 0 spiro atoms. The zero-order valence-corrected chi connectivity index (χ0v) is 17.6. The summed E-state index contributed by atoms with van der Waals surface area (Å²) in [6, 6.07) is 18.5. The summed E-state index contributed by atoms with van der Waals surface area (Å²) in [5.41, 5.74) is 3.72. The monoisotopic (exact) mass is 426 g/mol. The molecule has 142 valence electrons. The highest BCUT2D eigenvalue weighted by molar-refractivity contribution is 7.98. The molecule has 0 radical (unpaired) electrons. The van der Waals surface area contributed by atoms with E-state index in [2.05, 4.69) is 35.2 Å². The highest BCUT2D eigenvalue weighted by Gasteiger charge is 2.26. The fourth-order valence-electron chi connectivity index (χ4n) is 3.78. The van der Waals surface area contributed by atoms with Crippen molar-refractivity contribution in [1.82, 2.24) is 4.90 Å². The Morgan fingerprint density at radius 1 is 0.964 bits per heavy atom. The van der Waals surface area contributed by atoms with Crippen molar-refractivity contribution in [3.05, 3.63) is 70.1 Å². The molecule has 28 heavy (non-hydrogen) atoms. The number of anilines is 1. The number of hydrogen-bond acceptors (Lipinski definition) is 4. The zero-order valence-electron chi connectivity index (χ0n) is 15.2. The molecule has 1 aromatic heterocycles. The second-order valence-corrected chi connectivity index (χ2v) is 9.51. The molecule has 0 unspecified atom stereocenters. The summed E-state index contributed by atoms with van der Waals surface area (Å²) in [6.07, 6.45) is 0. The maximum absolute atomic E-state index is 13.1. The van der Waals surface area contributed by atoms with Gasteiger partial charge in [-0.3, -0.25) is 4.79 Å². The van der Waals surface area contributed by atoms with Crippen LogP contribution in [0.25, 0.3) is 10.4 Å². The zero-order chi connectivity index (χ0) is 19.1. The molecule has 2 aromatic carbocycles. The number of rotatable bonds is 2. The molecule has 1 saturated heterocycles. The van der Waals surface area contributed by atoms with Gasteiger partial charge in [-0.2, -0.15) is 0 Å². The Morgan fingerprint density at radius 3 is 2.50 bits per heavy atom. The molecule has 0 saturated carbocycles. The van der Waals surface area contributed by atoms with Gasteiger partial charge in [-0.25, -0.2) is 0 Å². The van der Waals surface area contributed by atoms with Crippen LogP contribution in [0.3, 0.4) is 0 Å². The second-order valence-electron chi connectivity index (χ2n) is 7.01. The number of carbonyl (C=O) groups excluding carboxylic acids is 1. The number of nitrogens with zero attached hydrogens (tertiary/aromatic N) is 2. The van der Waals surface area contributed by atoms with Gasteiger partial charge in [0, 0.05) is 58.0 Å². The minimum absolute atomic E-state index is 0.164. The van der Waals surface area contributed by atoms with Crippen molar-refractivity contribution in [2.75, 3.05) is 31.1 Å². The lowest BCUT2D eigenvalue weighted by Gasteiger charge is -2.36. The average molecular weight is 427 g/mol. The average Bonchev–Trinajstić information content (AvgIpc) is 3.19. The number of piperazine rings is 1. The maximum Gasteiger partial charge on any atom is 0.264 e. The summed E-state index contributed by atoms with van der Waals surface area (Å²) >= 11 is 9.49. The van der Waals surface area contributed by atoms with Gasteiger partial charge in [0.2, 0.25) is 0 Å². The van der Waals surface area contributed by atoms with Gasteiger partial charge in [-0.1, -0.05) is 29.8 Å². The normalized spacial score (nSPS) is 15.9. The van der Waals surface area contributed by atoms with Crippen LogP contribution in [0.4, 0.5) is 5.69 Å². The number of fused-ring (bicyclic) bond motifs is 3. The van der Waals surface area contributed by atoms with E-state index in [1.165, 1.54) is 20.9 Å². The van der Waals surface area contributed by atoms with Crippen molar-refractivity contribution in [3.63, 3.8) is 0 Å². The van der Waals surface area contributed by atoms with Crippen molar-refractivity contribution in [1.29, 1.82) is 0 Å². The van der Waals surface area contributed by atoms with Crippen molar-refractivity contribution >= 4 is 46.3 Å². The number of halogens is 1. The maximum atomic E-state index is 13.1. The lowest BCUT2D eigenvalue weighted by molar-refractivity contribution is 0.0751. The second kappa shape index (κ2) is 7.47. The molecule has 0 N–H and O–H groups in total. The third-order valence-corrected chi connectivity index (χ3v) is 7.87. The Labute approximate surface area is 177 Å². The van der Waals surface area contributed by atoms with Crippen LogP contribution in [-0.2, 0) is 5.75 Å². The first-order valence-corrected chi connectivity index (χ1v) is 11.5. The Bertz CT molecular complexity index is 1020. The number of thiophene rings is 1. The highest BCUT2D eigenvalue weighted by atomic mass is 35.5. The van der Waals surface area contributed by atoms with Crippen LogP contribution in [0.1, 0.15) is 15.2 Å². The predicted octanol–water partition coefficient (Wildman–Crippen LogP) is 5.64. The van der Waals surface area contributed by atoms with Gasteiger partial charge >= 0.3 is 0 Å². The predicted molar refractivity (Wildman–Crippen MR) is 119 cm³/mol. The van der Waals surface area contributed by atoms with Crippen molar-refractivity contribution in [2.24, 2.45) is 0 Å². The number of thioether (sulfide) groups is 1. The topological polar surface area (TPSA) is 23.6 Å². The third-order valence-electron chi connectivity index (χ3n) is 5.29. The summed E-state index contributed by atoms with van der Waals surface area (Å²) in [6.45, 7) is 3.18. The quantitative estimate of drug-likeness (QED) is 0.530. The fourth-order valence-corrected chi connectivity index (χ4v) is 6.29. The van der Waals surface area contributed by atoms with Crippen LogP contribution < -0.4 is 4.90 Å². The first-order chi connectivity index (χ1) is 13.7.